The Morgan fingerprint density at radius 1 is 0.848 bits per heavy atom. The van der Waals surface area contributed by atoms with Crippen LogP contribution in [0.5, 0.6) is 0 Å². The Hall–Kier alpha value is -2.55. The van der Waals surface area contributed by atoms with Gasteiger partial charge in [-0.05, 0) is 24.6 Å². The lowest BCUT2D eigenvalue weighted by Crippen LogP contribution is -2.63. The number of aliphatic hydroxyl groups excluding tert-OH is 8. The second-order valence-electron chi connectivity index (χ2n) is 12.0. The van der Waals surface area contributed by atoms with Gasteiger partial charge in [0.15, 0.2) is 12.6 Å². The Balaban J connectivity index is 1.44. The summed E-state index contributed by atoms with van der Waals surface area (Å²) in [4.78, 5) is 13.1. The van der Waals surface area contributed by atoms with Gasteiger partial charge in [0.25, 0.3) is 0 Å². The second kappa shape index (κ2) is 13.9. The molecule has 9 N–H and O–H groups in total. The molecule has 1 aromatic rings. The lowest BCUT2D eigenvalue weighted by Gasteiger charge is -2.46. The van der Waals surface area contributed by atoms with Crippen molar-refractivity contribution in [2.24, 2.45) is 5.92 Å². The summed E-state index contributed by atoms with van der Waals surface area (Å²) in [6, 6.07) is 8.87. The zero-order chi connectivity index (χ0) is 33.4. The SMILES string of the molecule is C[C@]1(OC(=O)/C=C\c2ccccc2)C[C@@H](O[C@@H]2O[C@H](CO)[C@@H](O)[C@H](O)[C@H]2O)[C@]2(O)C=CO[C@@H](O[C@@H]3O[C@H](CO)[C@@H](O)[C@H](O)[C@H]3O)[C@@H]21. The van der Waals surface area contributed by atoms with Crippen LogP contribution in [-0.2, 0) is 33.2 Å². The molecule has 46 heavy (non-hydrogen) atoms. The van der Waals surface area contributed by atoms with Crippen LogP contribution in [0.15, 0.2) is 48.7 Å². The predicted molar refractivity (Wildman–Crippen MR) is 151 cm³/mol. The van der Waals surface area contributed by atoms with Crippen molar-refractivity contribution in [3.8, 4) is 0 Å². The Morgan fingerprint density at radius 3 is 1.98 bits per heavy atom. The highest BCUT2D eigenvalue weighted by molar-refractivity contribution is 5.87. The summed E-state index contributed by atoms with van der Waals surface area (Å²) in [5, 5.41) is 93.5. The van der Waals surface area contributed by atoms with E-state index in [1.807, 2.05) is 0 Å². The molecule has 4 aliphatic rings. The molecule has 16 heteroatoms. The smallest absolute Gasteiger partial charge is 0.331 e. The maximum absolute atomic E-state index is 13.1. The topological polar surface area (TPSA) is 255 Å². The maximum atomic E-state index is 13.1. The minimum absolute atomic E-state index is 0.281. The molecular weight excluding hydrogens is 616 g/mol. The summed E-state index contributed by atoms with van der Waals surface area (Å²) >= 11 is 0. The number of esters is 1. The molecule has 1 aliphatic carbocycles. The highest BCUT2D eigenvalue weighted by Crippen LogP contribution is 2.53. The van der Waals surface area contributed by atoms with E-state index in [2.05, 4.69) is 0 Å². The molecule has 3 heterocycles. The average Bonchev–Trinajstić information content (AvgIpc) is 3.26. The van der Waals surface area contributed by atoms with Crippen LogP contribution < -0.4 is 0 Å². The van der Waals surface area contributed by atoms with Gasteiger partial charge in [-0.2, -0.15) is 0 Å². The zero-order valence-electron chi connectivity index (χ0n) is 24.7. The third kappa shape index (κ3) is 6.59. The Kier molecular flexibility index (Phi) is 10.5. The molecule has 256 valence electrons. The second-order valence-corrected chi connectivity index (χ2v) is 12.0. The van der Waals surface area contributed by atoms with E-state index in [0.717, 1.165) is 6.26 Å². The summed E-state index contributed by atoms with van der Waals surface area (Å²) in [5.41, 5.74) is -3.10. The van der Waals surface area contributed by atoms with Crippen molar-refractivity contribution in [2.45, 2.75) is 98.4 Å². The molecule has 3 fully saturated rings. The van der Waals surface area contributed by atoms with Crippen LogP contribution in [0.2, 0.25) is 0 Å². The van der Waals surface area contributed by atoms with Crippen LogP contribution in [-0.4, -0.2) is 150 Å². The van der Waals surface area contributed by atoms with Crippen molar-refractivity contribution in [3.05, 3.63) is 54.3 Å². The van der Waals surface area contributed by atoms with Crippen molar-refractivity contribution in [2.75, 3.05) is 13.2 Å². The number of hydrogen-bond donors (Lipinski definition) is 9. The fraction of sp³-hybridized carbons (Fsp3) is 0.633. The largest absolute Gasteiger partial charge is 0.472 e. The van der Waals surface area contributed by atoms with E-state index in [-0.39, 0.29) is 6.42 Å². The van der Waals surface area contributed by atoms with E-state index in [9.17, 15) is 50.8 Å². The first-order chi connectivity index (χ1) is 21.8. The van der Waals surface area contributed by atoms with Gasteiger partial charge in [0.05, 0.1) is 31.5 Å². The first-order valence-electron chi connectivity index (χ1n) is 14.8. The first kappa shape index (κ1) is 34.8. The van der Waals surface area contributed by atoms with Crippen molar-refractivity contribution in [1.82, 2.24) is 0 Å². The number of ether oxygens (including phenoxy) is 6. The number of fused-ring (bicyclic) bond motifs is 1. The van der Waals surface area contributed by atoms with E-state index >= 15 is 0 Å². The number of carbonyl (C=O) groups excluding carboxylic acids is 1. The average molecular weight is 657 g/mol. The quantitative estimate of drug-likeness (QED) is 0.0928. The van der Waals surface area contributed by atoms with Gasteiger partial charge in [-0.25, -0.2) is 4.79 Å². The van der Waals surface area contributed by atoms with Gasteiger partial charge in [0.1, 0.15) is 60.0 Å². The standard InChI is InChI=1S/C30H40O16/c1-29(46-18(33)8-7-14-5-3-2-4-6-14)11-17(44-26-23(38)21(36)19(34)15(12-31)42-26)30(40)9-10-41-28(25(29)30)45-27-24(39)22(37)20(35)16(13-32)43-27/h2-10,15-17,19-28,31-32,34-40H,11-13H2,1H3/b8-7-/t15-,16-,17-,19-,20-,21+,22+,23-,24-,25-,26+,27+,28+,29+,30-/m1/s1. The van der Waals surface area contributed by atoms with E-state index in [1.165, 1.54) is 25.2 Å². The fourth-order valence-corrected chi connectivity index (χ4v) is 6.39. The molecule has 5 rings (SSSR count). The molecule has 0 aromatic heterocycles. The number of aliphatic hydroxyl groups is 9. The molecule has 15 atom stereocenters. The molecule has 16 nitrogen and oxygen atoms in total. The Bertz CT molecular complexity index is 1240. The van der Waals surface area contributed by atoms with Crippen LogP contribution in [0.25, 0.3) is 6.08 Å². The van der Waals surface area contributed by atoms with Crippen LogP contribution >= 0.6 is 0 Å². The van der Waals surface area contributed by atoms with Gasteiger partial charge < -0.3 is 74.4 Å². The van der Waals surface area contributed by atoms with Gasteiger partial charge in [-0.3, -0.25) is 0 Å². The van der Waals surface area contributed by atoms with Crippen molar-refractivity contribution in [1.29, 1.82) is 0 Å². The number of hydrogen-bond acceptors (Lipinski definition) is 16. The third-order valence-electron chi connectivity index (χ3n) is 8.89. The lowest BCUT2D eigenvalue weighted by atomic mass is 9.81. The van der Waals surface area contributed by atoms with Gasteiger partial charge in [0.2, 0.25) is 6.29 Å². The van der Waals surface area contributed by atoms with Gasteiger partial charge >= 0.3 is 5.97 Å². The van der Waals surface area contributed by atoms with Gasteiger partial charge in [-0.1, -0.05) is 30.3 Å². The van der Waals surface area contributed by atoms with Crippen LogP contribution in [0.4, 0.5) is 0 Å². The molecule has 0 unspecified atom stereocenters. The number of rotatable bonds is 9. The highest BCUT2D eigenvalue weighted by atomic mass is 16.8. The normalized spacial score (nSPS) is 45.7. The van der Waals surface area contributed by atoms with E-state index in [1.54, 1.807) is 30.3 Å². The molecule has 0 spiro atoms. The zero-order valence-corrected chi connectivity index (χ0v) is 24.7. The maximum Gasteiger partial charge on any atom is 0.331 e. The Labute approximate surface area is 263 Å². The highest BCUT2D eigenvalue weighted by Gasteiger charge is 2.68. The molecule has 3 aliphatic heterocycles. The molecular formula is C30H40O16. The molecule has 1 aromatic carbocycles. The fourth-order valence-electron chi connectivity index (χ4n) is 6.39. The summed E-state index contributed by atoms with van der Waals surface area (Å²) < 4.78 is 34.3. The molecule has 2 saturated heterocycles. The first-order valence-corrected chi connectivity index (χ1v) is 14.8. The summed E-state index contributed by atoms with van der Waals surface area (Å²) in [5.74, 6) is -2.19. The van der Waals surface area contributed by atoms with Crippen LogP contribution in [0, 0.1) is 5.92 Å². The molecule has 0 radical (unpaired) electrons. The van der Waals surface area contributed by atoms with Crippen molar-refractivity contribution < 1.29 is 79.2 Å². The van der Waals surface area contributed by atoms with Gasteiger partial charge in [-0.15, -0.1) is 0 Å². The molecule has 0 bridgehead atoms. The van der Waals surface area contributed by atoms with E-state index < -0.39 is 110 Å². The van der Waals surface area contributed by atoms with E-state index in [0.29, 0.717) is 5.56 Å². The summed E-state index contributed by atoms with van der Waals surface area (Å²) in [6.07, 6.45) is -14.8. The Morgan fingerprint density at radius 2 is 1.41 bits per heavy atom. The molecule has 0 amide bonds. The monoisotopic (exact) mass is 656 g/mol. The van der Waals surface area contributed by atoms with Crippen LogP contribution in [0.1, 0.15) is 18.9 Å². The van der Waals surface area contributed by atoms with E-state index in [4.69, 9.17) is 28.4 Å². The minimum atomic E-state index is -2.12. The lowest BCUT2D eigenvalue weighted by molar-refractivity contribution is -0.354. The number of benzene rings is 1. The van der Waals surface area contributed by atoms with Crippen LogP contribution in [0.3, 0.4) is 0 Å². The van der Waals surface area contributed by atoms with Crippen molar-refractivity contribution in [3.63, 3.8) is 0 Å². The summed E-state index contributed by atoms with van der Waals surface area (Å²) in [7, 11) is 0. The number of carbonyl (C=O) groups is 1. The van der Waals surface area contributed by atoms with Gasteiger partial charge in [0, 0.05) is 12.5 Å². The molecule has 1 saturated carbocycles. The summed E-state index contributed by atoms with van der Waals surface area (Å²) in [6.45, 7) is -0.00438. The predicted octanol–water partition coefficient (Wildman–Crippen LogP) is -3.38. The van der Waals surface area contributed by atoms with Crippen molar-refractivity contribution >= 4 is 12.0 Å². The minimum Gasteiger partial charge on any atom is -0.472 e. The third-order valence-corrected chi connectivity index (χ3v) is 8.89.